The first-order valence-electron chi connectivity index (χ1n) is 11.6. The van der Waals surface area contributed by atoms with Gasteiger partial charge in [-0.2, -0.15) is 0 Å². The van der Waals surface area contributed by atoms with E-state index in [-0.39, 0.29) is 5.41 Å². The minimum Gasteiger partial charge on any atom is -0.256 e. The van der Waals surface area contributed by atoms with E-state index in [1.54, 1.807) is 0 Å². The molecule has 33 heavy (non-hydrogen) atoms. The molecule has 0 aliphatic heterocycles. The second-order valence-electron chi connectivity index (χ2n) is 9.64. The van der Waals surface area contributed by atoms with Crippen LogP contribution in [0.4, 0.5) is 0 Å². The van der Waals surface area contributed by atoms with Gasteiger partial charge in [-0.25, -0.2) is 0 Å². The van der Waals surface area contributed by atoms with Gasteiger partial charge in [0.1, 0.15) is 0 Å². The first-order chi connectivity index (χ1) is 16.1. The molecule has 5 aromatic carbocycles. The summed E-state index contributed by atoms with van der Waals surface area (Å²) >= 11 is 0. The van der Waals surface area contributed by atoms with E-state index in [9.17, 15) is 0 Å². The van der Waals surface area contributed by atoms with E-state index in [2.05, 4.69) is 111 Å². The molecule has 1 heterocycles. The lowest BCUT2D eigenvalue weighted by atomic mass is 9.79. The summed E-state index contributed by atoms with van der Waals surface area (Å²) < 4.78 is 0. The SMILES string of the molecule is CC1(C)c2cc(-c3ccc4ccccc4c3)ccc2-c2c1c1cccnc1c1ccccc21. The van der Waals surface area contributed by atoms with Crippen LogP contribution in [-0.4, -0.2) is 4.98 Å². The third kappa shape index (κ3) is 2.51. The van der Waals surface area contributed by atoms with Crippen LogP contribution in [-0.2, 0) is 5.41 Å². The summed E-state index contributed by atoms with van der Waals surface area (Å²) in [6.07, 6.45) is 1.91. The smallest absolute Gasteiger partial charge is 0.0783 e. The van der Waals surface area contributed by atoms with Crippen LogP contribution in [0, 0.1) is 0 Å². The number of pyridine rings is 1. The molecule has 1 heteroatoms. The normalized spacial score (nSPS) is 14.0. The summed E-state index contributed by atoms with van der Waals surface area (Å²) in [7, 11) is 0. The Morgan fingerprint density at radius 2 is 1.30 bits per heavy atom. The lowest BCUT2D eigenvalue weighted by molar-refractivity contribution is 0.666. The third-order valence-corrected chi connectivity index (χ3v) is 7.45. The van der Waals surface area contributed by atoms with Gasteiger partial charge in [-0.05, 0) is 67.7 Å². The maximum atomic E-state index is 4.81. The van der Waals surface area contributed by atoms with Gasteiger partial charge in [-0.1, -0.05) is 92.7 Å². The molecule has 0 unspecified atom stereocenters. The molecular formula is C32H23N. The van der Waals surface area contributed by atoms with Crippen LogP contribution in [0.3, 0.4) is 0 Å². The summed E-state index contributed by atoms with van der Waals surface area (Å²) in [4.78, 5) is 4.81. The average Bonchev–Trinajstić information content (AvgIpc) is 3.11. The maximum Gasteiger partial charge on any atom is 0.0783 e. The molecule has 0 radical (unpaired) electrons. The van der Waals surface area contributed by atoms with E-state index in [1.165, 1.54) is 60.3 Å². The Hall–Kier alpha value is -3.97. The summed E-state index contributed by atoms with van der Waals surface area (Å²) in [5.74, 6) is 0. The van der Waals surface area contributed by atoms with Gasteiger partial charge in [0.2, 0.25) is 0 Å². The van der Waals surface area contributed by atoms with Crippen LogP contribution in [0.2, 0.25) is 0 Å². The molecule has 0 fully saturated rings. The standard InChI is InChI=1S/C32H23N/c1-32(2)28-19-23(22-14-13-20-8-3-4-9-21(20)18-22)15-16-26(28)29-24-10-5-6-11-25(24)31-27(30(29)32)12-7-17-33-31/h3-19H,1-2H3. The van der Waals surface area contributed by atoms with Gasteiger partial charge in [0.25, 0.3) is 0 Å². The molecule has 1 aromatic heterocycles. The molecule has 0 spiro atoms. The lowest BCUT2D eigenvalue weighted by Crippen LogP contribution is -2.15. The fourth-order valence-electron chi connectivity index (χ4n) is 5.89. The second-order valence-corrected chi connectivity index (χ2v) is 9.64. The summed E-state index contributed by atoms with van der Waals surface area (Å²) in [5.41, 5.74) is 9.04. The molecule has 0 bridgehead atoms. The number of fused-ring (bicyclic) bond motifs is 9. The fourth-order valence-corrected chi connectivity index (χ4v) is 5.89. The first kappa shape index (κ1) is 18.6. The minimum atomic E-state index is -0.108. The average molecular weight is 422 g/mol. The first-order valence-corrected chi connectivity index (χ1v) is 11.6. The van der Waals surface area contributed by atoms with Crippen LogP contribution in [0.1, 0.15) is 25.0 Å². The topological polar surface area (TPSA) is 12.9 Å². The van der Waals surface area contributed by atoms with Gasteiger partial charge < -0.3 is 0 Å². The van der Waals surface area contributed by atoms with Crippen molar-refractivity contribution in [2.75, 3.05) is 0 Å². The molecule has 0 amide bonds. The second kappa shape index (κ2) is 6.52. The minimum absolute atomic E-state index is 0.108. The molecular weight excluding hydrogens is 398 g/mol. The number of aromatic nitrogens is 1. The van der Waals surface area contributed by atoms with Crippen molar-refractivity contribution in [3.63, 3.8) is 0 Å². The molecule has 0 atom stereocenters. The monoisotopic (exact) mass is 421 g/mol. The fraction of sp³-hybridized carbons (Fsp3) is 0.0938. The van der Waals surface area contributed by atoms with E-state index in [0.29, 0.717) is 0 Å². The van der Waals surface area contributed by atoms with Crippen molar-refractivity contribution in [1.82, 2.24) is 4.98 Å². The van der Waals surface area contributed by atoms with Crippen molar-refractivity contribution in [2.45, 2.75) is 19.3 Å². The molecule has 1 aliphatic carbocycles. The zero-order chi connectivity index (χ0) is 22.2. The van der Waals surface area contributed by atoms with Crippen LogP contribution >= 0.6 is 0 Å². The molecule has 0 saturated heterocycles. The molecule has 156 valence electrons. The Labute approximate surface area is 193 Å². The lowest BCUT2D eigenvalue weighted by Gasteiger charge is -2.24. The highest BCUT2D eigenvalue weighted by Gasteiger charge is 2.38. The Balaban J connectivity index is 1.53. The maximum absolute atomic E-state index is 4.81. The largest absolute Gasteiger partial charge is 0.256 e. The number of nitrogens with zero attached hydrogens (tertiary/aromatic N) is 1. The molecule has 7 rings (SSSR count). The van der Waals surface area contributed by atoms with Crippen LogP contribution in [0.15, 0.2) is 103 Å². The number of hydrogen-bond acceptors (Lipinski definition) is 1. The molecule has 0 saturated carbocycles. The van der Waals surface area contributed by atoms with Crippen LogP contribution in [0.25, 0.3) is 54.7 Å². The van der Waals surface area contributed by atoms with Crippen molar-refractivity contribution < 1.29 is 0 Å². The molecule has 1 aliphatic rings. The van der Waals surface area contributed by atoms with Crippen LogP contribution < -0.4 is 0 Å². The van der Waals surface area contributed by atoms with Crippen molar-refractivity contribution in [1.29, 1.82) is 0 Å². The Morgan fingerprint density at radius 3 is 2.18 bits per heavy atom. The van der Waals surface area contributed by atoms with Gasteiger partial charge >= 0.3 is 0 Å². The third-order valence-electron chi connectivity index (χ3n) is 7.45. The summed E-state index contributed by atoms with van der Waals surface area (Å²) in [6.45, 7) is 4.73. The van der Waals surface area contributed by atoms with E-state index in [4.69, 9.17) is 4.98 Å². The van der Waals surface area contributed by atoms with Crippen LogP contribution in [0.5, 0.6) is 0 Å². The van der Waals surface area contributed by atoms with E-state index in [0.717, 1.165) is 5.52 Å². The van der Waals surface area contributed by atoms with E-state index in [1.807, 2.05) is 6.20 Å². The highest BCUT2D eigenvalue weighted by atomic mass is 14.7. The van der Waals surface area contributed by atoms with Gasteiger partial charge in [-0.3, -0.25) is 4.98 Å². The number of hydrogen-bond donors (Lipinski definition) is 0. The Kier molecular flexibility index (Phi) is 3.67. The number of rotatable bonds is 1. The molecule has 6 aromatic rings. The van der Waals surface area contributed by atoms with Crippen molar-refractivity contribution in [3.05, 3.63) is 114 Å². The van der Waals surface area contributed by atoms with Crippen molar-refractivity contribution in [2.24, 2.45) is 0 Å². The highest BCUT2D eigenvalue weighted by molar-refractivity contribution is 6.16. The zero-order valence-corrected chi connectivity index (χ0v) is 18.8. The zero-order valence-electron chi connectivity index (χ0n) is 18.8. The van der Waals surface area contributed by atoms with Gasteiger partial charge in [0.05, 0.1) is 5.52 Å². The Bertz CT molecular complexity index is 1740. The van der Waals surface area contributed by atoms with Gasteiger partial charge in [0, 0.05) is 22.4 Å². The van der Waals surface area contributed by atoms with Gasteiger partial charge in [0.15, 0.2) is 0 Å². The molecule has 1 nitrogen and oxygen atoms in total. The Morgan fingerprint density at radius 1 is 0.606 bits per heavy atom. The van der Waals surface area contributed by atoms with E-state index < -0.39 is 0 Å². The van der Waals surface area contributed by atoms with E-state index >= 15 is 0 Å². The van der Waals surface area contributed by atoms with Gasteiger partial charge in [-0.15, -0.1) is 0 Å². The quantitative estimate of drug-likeness (QED) is 0.242. The van der Waals surface area contributed by atoms with Crippen molar-refractivity contribution >= 4 is 32.4 Å². The predicted molar refractivity (Wildman–Crippen MR) is 140 cm³/mol. The van der Waals surface area contributed by atoms with Crippen molar-refractivity contribution in [3.8, 4) is 22.3 Å². The highest BCUT2D eigenvalue weighted by Crippen LogP contribution is 2.54. The summed E-state index contributed by atoms with van der Waals surface area (Å²) in [6, 6.07) is 35.4. The number of benzene rings is 5. The predicted octanol–water partition coefficient (Wildman–Crippen LogP) is 8.51. The molecule has 0 N–H and O–H groups in total. The summed E-state index contributed by atoms with van der Waals surface area (Å²) in [5, 5.41) is 6.35.